The first-order valence-electron chi connectivity index (χ1n) is 5.35. The summed E-state index contributed by atoms with van der Waals surface area (Å²) in [6.45, 7) is 10.8. The smallest absolute Gasteiger partial charge is 0.137 e. The number of fused-ring (bicyclic) bond motifs is 1. The van der Waals surface area contributed by atoms with Crippen molar-refractivity contribution in [3.63, 3.8) is 0 Å². The maximum Gasteiger partial charge on any atom is 0.137 e. The van der Waals surface area contributed by atoms with E-state index in [4.69, 9.17) is 0 Å². The van der Waals surface area contributed by atoms with Crippen LogP contribution in [0.15, 0.2) is 18.3 Å². The zero-order valence-electron chi connectivity index (χ0n) is 10.1. The monoisotopic (exact) mass is 202 g/mol. The summed E-state index contributed by atoms with van der Waals surface area (Å²) >= 11 is 0. The topological polar surface area (TPSA) is 17.3 Å². The Morgan fingerprint density at radius 3 is 2.40 bits per heavy atom. The predicted molar refractivity (Wildman–Crippen MR) is 63.4 cm³/mol. The number of aromatic nitrogens is 2. The number of pyridine rings is 1. The number of hydrogen-bond acceptors (Lipinski definition) is 1. The van der Waals surface area contributed by atoms with Crippen molar-refractivity contribution < 1.29 is 0 Å². The summed E-state index contributed by atoms with van der Waals surface area (Å²) in [5.41, 5.74) is 4.83. The average Bonchev–Trinajstić information content (AvgIpc) is 2.46. The van der Waals surface area contributed by atoms with Gasteiger partial charge in [-0.2, -0.15) is 0 Å². The van der Waals surface area contributed by atoms with Gasteiger partial charge in [0.1, 0.15) is 5.65 Å². The third kappa shape index (κ3) is 1.76. The van der Waals surface area contributed by atoms with Gasteiger partial charge in [0.05, 0.1) is 5.69 Å². The molecule has 0 saturated heterocycles. The molecular formula is C13H18N2. The van der Waals surface area contributed by atoms with E-state index in [9.17, 15) is 0 Å². The van der Waals surface area contributed by atoms with Crippen LogP contribution >= 0.6 is 0 Å². The number of nitrogens with zero attached hydrogens (tertiary/aromatic N) is 2. The van der Waals surface area contributed by atoms with Crippen molar-refractivity contribution in [3.8, 4) is 0 Å². The summed E-state index contributed by atoms with van der Waals surface area (Å²) in [7, 11) is 0. The molecule has 0 aliphatic carbocycles. The zero-order chi connectivity index (χ0) is 11.2. The predicted octanol–water partition coefficient (Wildman–Crippen LogP) is 3.25. The van der Waals surface area contributed by atoms with Gasteiger partial charge in [0, 0.05) is 17.3 Å². The molecule has 0 unspecified atom stereocenters. The molecule has 0 aliphatic heterocycles. The second-order valence-electron chi connectivity index (χ2n) is 5.28. The van der Waals surface area contributed by atoms with E-state index in [1.165, 1.54) is 11.3 Å². The van der Waals surface area contributed by atoms with Gasteiger partial charge in [-0.25, -0.2) is 4.98 Å². The lowest BCUT2D eigenvalue weighted by Crippen LogP contribution is -2.11. The molecule has 0 radical (unpaired) electrons. The second-order valence-corrected chi connectivity index (χ2v) is 5.28. The van der Waals surface area contributed by atoms with E-state index in [2.05, 4.69) is 62.3 Å². The van der Waals surface area contributed by atoms with Gasteiger partial charge in [0.25, 0.3) is 0 Å². The lowest BCUT2D eigenvalue weighted by molar-refractivity contribution is 0.573. The van der Waals surface area contributed by atoms with E-state index >= 15 is 0 Å². The minimum atomic E-state index is 0.117. The number of hydrogen-bond donors (Lipinski definition) is 0. The molecule has 2 nitrogen and oxygen atoms in total. The van der Waals surface area contributed by atoms with Crippen LogP contribution in [0.3, 0.4) is 0 Å². The highest BCUT2D eigenvalue weighted by atomic mass is 15.0. The molecule has 0 N–H and O–H groups in total. The van der Waals surface area contributed by atoms with Crippen LogP contribution in [0.5, 0.6) is 0 Å². The Labute approximate surface area is 91.0 Å². The minimum absolute atomic E-state index is 0.117. The van der Waals surface area contributed by atoms with Crippen molar-refractivity contribution in [2.75, 3.05) is 0 Å². The molecule has 2 rings (SSSR count). The highest BCUT2D eigenvalue weighted by molar-refractivity contribution is 5.45. The van der Waals surface area contributed by atoms with E-state index in [1.54, 1.807) is 0 Å². The minimum Gasteiger partial charge on any atom is -0.304 e. The summed E-state index contributed by atoms with van der Waals surface area (Å²) in [4.78, 5) is 4.67. The fraction of sp³-hybridized carbons (Fsp3) is 0.462. The van der Waals surface area contributed by atoms with Crippen LogP contribution in [0.4, 0.5) is 0 Å². The Balaban J connectivity index is 2.71. The van der Waals surface area contributed by atoms with E-state index in [0.29, 0.717) is 0 Å². The Bertz CT molecular complexity index is 501. The first-order chi connectivity index (χ1) is 6.88. The highest BCUT2D eigenvalue weighted by Crippen LogP contribution is 2.22. The highest BCUT2D eigenvalue weighted by Gasteiger charge is 2.17. The van der Waals surface area contributed by atoms with Crippen LogP contribution in [-0.4, -0.2) is 9.38 Å². The van der Waals surface area contributed by atoms with E-state index < -0.39 is 0 Å². The normalized spacial score (nSPS) is 12.3. The molecule has 0 saturated carbocycles. The van der Waals surface area contributed by atoms with E-state index in [1.807, 2.05) is 0 Å². The first-order valence-corrected chi connectivity index (χ1v) is 5.35. The van der Waals surface area contributed by atoms with Crippen LogP contribution in [0.2, 0.25) is 0 Å². The second kappa shape index (κ2) is 3.09. The molecule has 2 aromatic heterocycles. The van der Waals surface area contributed by atoms with Crippen LogP contribution < -0.4 is 0 Å². The van der Waals surface area contributed by atoms with Crippen molar-refractivity contribution in [1.29, 1.82) is 0 Å². The molecule has 0 bridgehead atoms. The van der Waals surface area contributed by atoms with Gasteiger partial charge in [-0.15, -0.1) is 0 Å². The standard InChI is InChI=1S/C13H18N2/c1-9-6-10(2)15-8-11(13(3,4)5)14-12(15)7-9/h6-8H,1-5H3. The number of imidazole rings is 1. The van der Waals surface area contributed by atoms with Crippen LogP contribution in [-0.2, 0) is 5.41 Å². The molecular weight excluding hydrogens is 184 g/mol. The van der Waals surface area contributed by atoms with Gasteiger partial charge in [-0.1, -0.05) is 20.8 Å². The summed E-state index contributed by atoms with van der Waals surface area (Å²) in [6, 6.07) is 4.31. The summed E-state index contributed by atoms with van der Waals surface area (Å²) < 4.78 is 2.16. The largest absolute Gasteiger partial charge is 0.304 e. The quantitative estimate of drug-likeness (QED) is 0.641. The average molecular weight is 202 g/mol. The fourth-order valence-electron chi connectivity index (χ4n) is 1.78. The summed E-state index contributed by atoms with van der Waals surface area (Å²) in [5.74, 6) is 0. The van der Waals surface area contributed by atoms with Gasteiger partial charge in [-0.3, -0.25) is 0 Å². The van der Waals surface area contributed by atoms with Crippen molar-refractivity contribution >= 4 is 5.65 Å². The fourth-order valence-corrected chi connectivity index (χ4v) is 1.78. The van der Waals surface area contributed by atoms with Crippen molar-refractivity contribution in [3.05, 3.63) is 35.3 Å². The molecule has 2 heteroatoms. The maximum absolute atomic E-state index is 4.67. The van der Waals surface area contributed by atoms with E-state index in [-0.39, 0.29) is 5.41 Å². The number of aryl methyl sites for hydroxylation is 2. The third-order valence-electron chi connectivity index (χ3n) is 2.67. The Morgan fingerprint density at radius 1 is 1.13 bits per heavy atom. The van der Waals surface area contributed by atoms with Crippen LogP contribution in [0.1, 0.15) is 37.7 Å². The Morgan fingerprint density at radius 2 is 1.80 bits per heavy atom. The SMILES string of the molecule is Cc1cc(C)n2cc(C(C)(C)C)nc2c1. The third-order valence-corrected chi connectivity index (χ3v) is 2.67. The lowest BCUT2D eigenvalue weighted by atomic mass is 9.93. The first kappa shape index (κ1) is 10.2. The molecule has 0 spiro atoms. The van der Waals surface area contributed by atoms with Crippen molar-refractivity contribution in [1.82, 2.24) is 9.38 Å². The molecule has 15 heavy (non-hydrogen) atoms. The molecule has 0 aliphatic rings. The molecule has 0 fully saturated rings. The van der Waals surface area contributed by atoms with Crippen molar-refractivity contribution in [2.45, 2.75) is 40.0 Å². The van der Waals surface area contributed by atoms with Gasteiger partial charge in [0.15, 0.2) is 0 Å². The van der Waals surface area contributed by atoms with Gasteiger partial charge in [-0.05, 0) is 31.5 Å². The molecule has 0 atom stereocenters. The summed E-state index contributed by atoms with van der Waals surface area (Å²) in [5, 5.41) is 0. The molecule has 2 heterocycles. The molecule has 0 aromatic carbocycles. The van der Waals surface area contributed by atoms with Gasteiger partial charge < -0.3 is 4.40 Å². The Hall–Kier alpha value is -1.31. The Kier molecular flexibility index (Phi) is 2.10. The molecule has 2 aromatic rings. The van der Waals surface area contributed by atoms with Crippen LogP contribution in [0, 0.1) is 13.8 Å². The number of rotatable bonds is 0. The van der Waals surface area contributed by atoms with Crippen molar-refractivity contribution in [2.24, 2.45) is 0 Å². The molecule has 0 amide bonds. The summed E-state index contributed by atoms with van der Waals surface area (Å²) in [6.07, 6.45) is 2.14. The lowest BCUT2D eigenvalue weighted by Gasteiger charge is -2.13. The van der Waals surface area contributed by atoms with Gasteiger partial charge in [0.2, 0.25) is 0 Å². The van der Waals surface area contributed by atoms with Gasteiger partial charge >= 0.3 is 0 Å². The van der Waals surface area contributed by atoms with E-state index in [0.717, 1.165) is 11.3 Å². The molecule has 80 valence electrons. The van der Waals surface area contributed by atoms with Crippen LogP contribution in [0.25, 0.3) is 5.65 Å². The maximum atomic E-state index is 4.67. The zero-order valence-corrected chi connectivity index (χ0v) is 10.1.